The SMILES string of the molecule is C[C@H](NC(=O)c1ccc(COc2ccc(F)cc2)o1)[C@@H]1C[C@H]2CC[C@H]1C2. The molecule has 1 aromatic carbocycles. The van der Waals surface area contributed by atoms with Crippen molar-refractivity contribution in [3.8, 4) is 5.75 Å². The molecule has 0 unspecified atom stereocenters. The Balaban J connectivity index is 1.30. The fraction of sp³-hybridized carbons (Fsp3) is 0.476. The summed E-state index contributed by atoms with van der Waals surface area (Å²) in [7, 11) is 0. The second-order valence-corrected chi connectivity index (χ2v) is 7.61. The van der Waals surface area contributed by atoms with Gasteiger partial charge in [0, 0.05) is 6.04 Å². The predicted molar refractivity (Wildman–Crippen MR) is 95.3 cm³/mol. The van der Waals surface area contributed by atoms with Crippen LogP contribution in [-0.2, 0) is 6.61 Å². The van der Waals surface area contributed by atoms with Crippen molar-refractivity contribution < 1.29 is 18.3 Å². The van der Waals surface area contributed by atoms with Crippen LogP contribution in [-0.4, -0.2) is 11.9 Å². The molecule has 5 heteroatoms. The van der Waals surface area contributed by atoms with E-state index in [-0.39, 0.29) is 24.4 Å². The maximum atomic E-state index is 12.9. The number of halogens is 1. The first kappa shape index (κ1) is 17.1. The molecule has 2 aliphatic carbocycles. The maximum Gasteiger partial charge on any atom is 0.287 e. The number of hydrogen-bond acceptors (Lipinski definition) is 3. The molecule has 1 amide bonds. The Morgan fingerprint density at radius 2 is 2.04 bits per heavy atom. The first-order valence-corrected chi connectivity index (χ1v) is 9.36. The van der Waals surface area contributed by atoms with Gasteiger partial charge in [0.1, 0.15) is 23.9 Å². The molecule has 138 valence electrons. The van der Waals surface area contributed by atoms with Crippen LogP contribution in [0, 0.1) is 23.6 Å². The van der Waals surface area contributed by atoms with Crippen LogP contribution in [0.2, 0.25) is 0 Å². The first-order valence-electron chi connectivity index (χ1n) is 9.36. The normalized spacial score (nSPS) is 25.2. The van der Waals surface area contributed by atoms with Gasteiger partial charge < -0.3 is 14.5 Å². The summed E-state index contributed by atoms with van der Waals surface area (Å²) in [5.41, 5.74) is 0. The summed E-state index contributed by atoms with van der Waals surface area (Å²) < 4.78 is 24.0. The van der Waals surface area contributed by atoms with Crippen LogP contribution in [0.5, 0.6) is 5.75 Å². The van der Waals surface area contributed by atoms with Gasteiger partial charge in [0.15, 0.2) is 5.76 Å². The molecule has 0 aliphatic heterocycles. The molecule has 4 nitrogen and oxygen atoms in total. The Labute approximate surface area is 152 Å². The molecular weight excluding hydrogens is 333 g/mol. The van der Waals surface area contributed by atoms with E-state index >= 15 is 0 Å². The zero-order valence-corrected chi connectivity index (χ0v) is 14.9. The van der Waals surface area contributed by atoms with Gasteiger partial charge in [0.25, 0.3) is 5.91 Å². The van der Waals surface area contributed by atoms with Crippen molar-refractivity contribution in [3.05, 3.63) is 53.7 Å². The highest BCUT2D eigenvalue weighted by molar-refractivity contribution is 5.91. The van der Waals surface area contributed by atoms with Crippen molar-refractivity contribution in [3.63, 3.8) is 0 Å². The number of amides is 1. The molecule has 2 fully saturated rings. The monoisotopic (exact) mass is 357 g/mol. The van der Waals surface area contributed by atoms with Crippen molar-refractivity contribution >= 4 is 5.91 Å². The van der Waals surface area contributed by atoms with Gasteiger partial charge in [-0.2, -0.15) is 0 Å². The molecule has 1 aromatic heterocycles. The average molecular weight is 357 g/mol. The Morgan fingerprint density at radius 3 is 2.73 bits per heavy atom. The molecule has 2 aromatic rings. The number of nitrogens with one attached hydrogen (secondary N) is 1. The summed E-state index contributed by atoms with van der Waals surface area (Å²) in [5.74, 6) is 3.17. The molecule has 1 N–H and O–H groups in total. The highest BCUT2D eigenvalue weighted by Crippen LogP contribution is 2.49. The van der Waals surface area contributed by atoms with Gasteiger partial charge in [-0.15, -0.1) is 0 Å². The maximum absolute atomic E-state index is 12.9. The lowest BCUT2D eigenvalue weighted by Crippen LogP contribution is -2.40. The van der Waals surface area contributed by atoms with Gasteiger partial charge in [0.05, 0.1) is 0 Å². The molecule has 0 spiro atoms. The summed E-state index contributed by atoms with van der Waals surface area (Å²) in [6, 6.07) is 9.38. The van der Waals surface area contributed by atoms with Crippen LogP contribution < -0.4 is 10.1 Å². The summed E-state index contributed by atoms with van der Waals surface area (Å²) in [6.07, 6.45) is 5.23. The molecule has 2 bridgehead atoms. The Morgan fingerprint density at radius 1 is 1.23 bits per heavy atom. The number of furan rings is 1. The standard InChI is InChI=1S/C21H24FNO3/c1-13(19-11-14-2-3-15(19)10-14)23-21(24)20-9-8-18(26-20)12-25-17-6-4-16(22)5-7-17/h4-9,13-15,19H,2-3,10-12H2,1H3,(H,23,24)/t13-,14-,15-,19-/m0/s1. The molecule has 2 aliphatic rings. The minimum absolute atomic E-state index is 0.168. The average Bonchev–Trinajstić information content (AvgIpc) is 3.37. The molecule has 2 saturated carbocycles. The number of carbonyl (C=O) groups is 1. The van der Waals surface area contributed by atoms with Crippen LogP contribution in [0.1, 0.15) is 48.9 Å². The van der Waals surface area contributed by atoms with Gasteiger partial charge in [-0.3, -0.25) is 4.79 Å². The fourth-order valence-electron chi connectivity index (χ4n) is 4.55. The van der Waals surface area contributed by atoms with Gasteiger partial charge in [0.2, 0.25) is 0 Å². The van der Waals surface area contributed by atoms with E-state index in [1.54, 1.807) is 24.3 Å². The van der Waals surface area contributed by atoms with Crippen LogP contribution in [0.4, 0.5) is 4.39 Å². The van der Waals surface area contributed by atoms with Crippen LogP contribution in [0.3, 0.4) is 0 Å². The second-order valence-electron chi connectivity index (χ2n) is 7.61. The summed E-state index contributed by atoms with van der Waals surface area (Å²) >= 11 is 0. The van der Waals surface area contributed by atoms with Crippen LogP contribution in [0.25, 0.3) is 0 Å². The van der Waals surface area contributed by atoms with Crippen LogP contribution >= 0.6 is 0 Å². The van der Waals surface area contributed by atoms with Crippen molar-refractivity contribution in [2.75, 3.05) is 0 Å². The Hall–Kier alpha value is -2.30. The molecule has 4 atom stereocenters. The minimum atomic E-state index is -0.307. The van der Waals surface area contributed by atoms with Crippen molar-refractivity contribution in [1.82, 2.24) is 5.32 Å². The summed E-state index contributed by atoms with van der Waals surface area (Å²) in [6.45, 7) is 2.30. The molecule has 1 heterocycles. The molecule has 0 radical (unpaired) electrons. The number of fused-ring (bicyclic) bond motifs is 2. The quantitative estimate of drug-likeness (QED) is 0.825. The third-order valence-electron chi connectivity index (χ3n) is 5.87. The largest absolute Gasteiger partial charge is 0.486 e. The third-order valence-corrected chi connectivity index (χ3v) is 5.87. The van der Waals surface area contributed by atoms with E-state index in [0.717, 1.165) is 11.8 Å². The van der Waals surface area contributed by atoms with E-state index < -0.39 is 0 Å². The number of hydrogen-bond donors (Lipinski definition) is 1. The minimum Gasteiger partial charge on any atom is -0.486 e. The van der Waals surface area contributed by atoms with Crippen molar-refractivity contribution in [2.45, 2.75) is 45.3 Å². The number of ether oxygens (including phenoxy) is 1. The van der Waals surface area contributed by atoms with Gasteiger partial charge in [-0.05, 0) is 80.3 Å². The van der Waals surface area contributed by atoms with Crippen LogP contribution in [0.15, 0.2) is 40.8 Å². The third kappa shape index (κ3) is 3.62. The zero-order chi connectivity index (χ0) is 18.1. The van der Waals surface area contributed by atoms with E-state index in [9.17, 15) is 9.18 Å². The lowest BCUT2D eigenvalue weighted by molar-refractivity contribution is 0.0883. The number of rotatable bonds is 6. The van der Waals surface area contributed by atoms with Crippen molar-refractivity contribution in [1.29, 1.82) is 0 Å². The Bertz CT molecular complexity index is 770. The van der Waals surface area contributed by atoms with Gasteiger partial charge in [-0.1, -0.05) is 6.42 Å². The number of benzene rings is 1. The fourth-order valence-corrected chi connectivity index (χ4v) is 4.55. The summed E-state index contributed by atoms with van der Waals surface area (Å²) in [4.78, 5) is 12.5. The van der Waals surface area contributed by atoms with E-state index in [4.69, 9.17) is 9.15 Å². The van der Waals surface area contributed by atoms with Crippen molar-refractivity contribution in [2.24, 2.45) is 17.8 Å². The Kier molecular flexibility index (Phi) is 4.70. The lowest BCUT2D eigenvalue weighted by atomic mass is 9.84. The van der Waals surface area contributed by atoms with E-state index in [1.165, 1.54) is 37.8 Å². The second kappa shape index (κ2) is 7.14. The molecular formula is C21H24FNO3. The van der Waals surface area contributed by atoms with Gasteiger partial charge >= 0.3 is 0 Å². The molecule has 0 saturated heterocycles. The lowest BCUT2D eigenvalue weighted by Gasteiger charge is -2.28. The zero-order valence-electron chi connectivity index (χ0n) is 14.9. The van der Waals surface area contributed by atoms with E-state index in [0.29, 0.717) is 23.2 Å². The smallest absolute Gasteiger partial charge is 0.287 e. The number of carbonyl (C=O) groups excluding carboxylic acids is 1. The predicted octanol–water partition coefficient (Wildman–Crippen LogP) is 4.55. The van der Waals surface area contributed by atoms with E-state index in [2.05, 4.69) is 12.2 Å². The first-order chi connectivity index (χ1) is 12.6. The van der Waals surface area contributed by atoms with E-state index in [1.807, 2.05) is 0 Å². The topological polar surface area (TPSA) is 51.5 Å². The van der Waals surface area contributed by atoms with Gasteiger partial charge in [-0.25, -0.2) is 4.39 Å². The highest BCUT2D eigenvalue weighted by atomic mass is 19.1. The highest BCUT2D eigenvalue weighted by Gasteiger charge is 2.42. The summed E-state index contributed by atoms with van der Waals surface area (Å²) in [5, 5.41) is 3.10. The molecule has 4 rings (SSSR count). The molecule has 26 heavy (non-hydrogen) atoms.